The SMILES string of the molecule is COCCN.COP(=O)(O)O. The lowest BCUT2D eigenvalue weighted by Crippen LogP contribution is -2.05. The Morgan fingerprint density at radius 2 is 1.82 bits per heavy atom. The van der Waals surface area contributed by atoms with Crippen molar-refractivity contribution < 1.29 is 23.6 Å². The minimum Gasteiger partial charge on any atom is -0.383 e. The highest BCUT2D eigenvalue weighted by Crippen LogP contribution is 2.33. The van der Waals surface area contributed by atoms with Crippen molar-refractivity contribution in [2.24, 2.45) is 5.73 Å². The summed E-state index contributed by atoms with van der Waals surface area (Å²) in [5.41, 5.74) is 5.01. The van der Waals surface area contributed by atoms with Gasteiger partial charge in [-0.25, -0.2) is 4.57 Å². The van der Waals surface area contributed by atoms with E-state index in [4.69, 9.17) is 15.5 Å². The second-order valence-corrected chi connectivity index (χ2v) is 2.80. The van der Waals surface area contributed by atoms with Crippen LogP contribution in [0.4, 0.5) is 0 Å². The van der Waals surface area contributed by atoms with Crippen LogP contribution in [0.1, 0.15) is 0 Å². The maximum Gasteiger partial charge on any atom is 0.469 e. The van der Waals surface area contributed by atoms with E-state index < -0.39 is 7.82 Å². The molecule has 4 N–H and O–H groups in total. The lowest BCUT2D eigenvalue weighted by Gasteiger charge is -1.93. The summed E-state index contributed by atoms with van der Waals surface area (Å²) in [6.07, 6.45) is 0. The molecule has 0 unspecified atom stereocenters. The van der Waals surface area contributed by atoms with E-state index in [1.807, 2.05) is 0 Å². The minimum atomic E-state index is -4.15. The van der Waals surface area contributed by atoms with E-state index in [2.05, 4.69) is 9.26 Å². The Balaban J connectivity index is 0. The van der Waals surface area contributed by atoms with Crippen LogP contribution in [0.5, 0.6) is 0 Å². The van der Waals surface area contributed by atoms with Crippen LogP contribution in [0.2, 0.25) is 0 Å². The summed E-state index contributed by atoms with van der Waals surface area (Å²) in [7, 11) is -1.57. The predicted molar refractivity (Wildman–Crippen MR) is 40.0 cm³/mol. The monoisotopic (exact) mass is 187 g/mol. The molecule has 0 aliphatic rings. The molecule has 0 aromatic carbocycles. The fraction of sp³-hybridized carbons (Fsp3) is 1.00. The molecule has 0 aromatic heterocycles. The summed E-state index contributed by atoms with van der Waals surface area (Å²) >= 11 is 0. The molecule has 0 radical (unpaired) electrons. The van der Waals surface area contributed by atoms with Crippen LogP contribution < -0.4 is 5.73 Å². The van der Waals surface area contributed by atoms with E-state index in [9.17, 15) is 4.57 Å². The van der Waals surface area contributed by atoms with Crippen molar-refractivity contribution in [3.63, 3.8) is 0 Å². The number of methoxy groups -OCH3 is 1. The van der Waals surface area contributed by atoms with Gasteiger partial charge in [-0.3, -0.25) is 4.52 Å². The van der Waals surface area contributed by atoms with Gasteiger partial charge in [-0.15, -0.1) is 0 Å². The number of rotatable bonds is 3. The van der Waals surface area contributed by atoms with Gasteiger partial charge in [-0.1, -0.05) is 0 Å². The van der Waals surface area contributed by atoms with E-state index in [-0.39, 0.29) is 0 Å². The number of phosphoric acid groups is 1. The van der Waals surface area contributed by atoms with Crippen molar-refractivity contribution >= 4 is 7.82 Å². The molecule has 0 bridgehead atoms. The molecule has 70 valence electrons. The first-order valence-corrected chi connectivity index (χ1v) is 4.31. The largest absolute Gasteiger partial charge is 0.469 e. The average molecular weight is 187 g/mol. The maximum atomic E-state index is 9.47. The zero-order valence-corrected chi connectivity index (χ0v) is 7.45. The van der Waals surface area contributed by atoms with Crippen molar-refractivity contribution in [3.8, 4) is 0 Å². The predicted octanol–water partition coefficient (Wildman–Crippen LogP) is -0.683. The van der Waals surface area contributed by atoms with Crippen LogP contribution in [-0.4, -0.2) is 37.2 Å². The Labute approximate surface area is 65.5 Å². The molecule has 0 aromatic rings. The van der Waals surface area contributed by atoms with Crippen LogP contribution in [0.15, 0.2) is 0 Å². The van der Waals surface area contributed by atoms with Gasteiger partial charge in [0.1, 0.15) is 0 Å². The van der Waals surface area contributed by atoms with Gasteiger partial charge in [0.25, 0.3) is 0 Å². The van der Waals surface area contributed by atoms with Crippen molar-refractivity contribution in [2.75, 3.05) is 27.4 Å². The first-order valence-electron chi connectivity index (χ1n) is 2.78. The van der Waals surface area contributed by atoms with Crippen molar-refractivity contribution in [3.05, 3.63) is 0 Å². The standard InChI is InChI=1S/C3H9NO.CH5O4P/c1-5-3-2-4;1-5-6(2,3)4/h2-4H2,1H3;1H3,(H2,2,3,4). The summed E-state index contributed by atoms with van der Waals surface area (Å²) in [4.78, 5) is 15.4. The van der Waals surface area contributed by atoms with Gasteiger partial charge in [-0.2, -0.15) is 0 Å². The number of hydrogen-bond donors (Lipinski definition) is 3. The molecular formula is C4H14NO5P. The molecule has 0 aliphatic carbocycles. The molecule has 0 saturated heterocycles. The second-order valence-electron chi connectivity index (χ2n) is 1.45. The molecule has 0 atom stereocenters. The Bertz CT molecular complexity index is 111. The molecule has 6 nitrogen and oxygen atoms in total. The summed E-state index contributed by atoms with van der Waals surface area (Å²) < 4.78 is 17.6. The third-order valence-electron chi connectivity index (χ3n) is 0.560. The molecule has 0 rings (SSSR count). The molecular weight excluding hydrogens is 173 g/mol. The first-order chi connectivity index (χ1) is 4.97. The number of nitrogens with two attached hydrogens (primary N) is 1. The van der Waals surface area contributed by atoms with E-state index >= 15 is 0 Å². The van der Waals surface area contributed by atoms with E-state index in [1.165, 1.54) is 0 Å². The average Bonchev–Trinajstić information content (AvgIpc) is 1.90. The Hall–Kier alpha value is 0.0300. The summed E-state index contributed by atoms with van der Waals surface area (Å²) in [6, 6.07) is 0. The third-order valence-corrected chi connectivity index (χ3v) is 1.04. The topological polar surface area (TPSA) is 102 Å². The van der Waals surface area contributed by atoms with Crippen LogP contribution in [0.3, 0.4) is 0 Å². The van der Waals surface area contributed by atoms with Gasteiger partial charge in [0.15, 0.2) is 0 Å². The quantitative estimate of drug-likeness (QED) is 0.506. The molecule has 0 aliphatic heterocycles. The fourth-order valence-corrected chi connectivity index (χ4v) is 0.118. The van der Waals surface area contributed by atoms with E-state index in [0.29, 0.717) is 13.2 Å². The lowest BCUT2D eigenvalue weighted by molar-refractivity contribution is 0.207. The molecule has 11 heavy (non-hydrogen) atoms. The van der Waals surface area contributed by atoms with E-state index in [1.54, 1.807) is 7.11 Å². The van der Waals surface area contributed by atoms with Crippen molar-refractivity contribution in [1.29, 1.82) is 0 Å². The highest BCUT2D eigenvalue weighted by molar-refractivity contribution is 7.46. The second kappa shape index (κ2) is 8.13. The number of hydrogen-bond acceptors (Lipinski definition) is 4. The van der Waals surface area contributed by atoms with Gasteiger partial charge in [0.2, 0.25) is 0 Å². The van der Waals surface area contributed by atoms with Gasteiger partial charge in [-0.05, 0) is 0 Å². The normalized spacial score (nSPS) is 10.3. The van der Waals surface area contributed by atoms with Crippen molar-refractivity contribution in [1.82, 2.24) is 0 Å². The third kappa shape index (κ3) is 25.6. The maximum absolute atomic E-state index is 9.47. The van der Waals surface area contributed by atoms with Crippen LogP contribution in [0, 0.1) is 0 Å². The highest BCUT2D eigenvalue weighted by Gasteiger charge is 2.07. The summed E-state index contributed by atoms with van der Waals surface area (Å²) in [6.45, 7) is 1.29. The zero-order valence-electron chi connectivity index (χ0n) is 6.56. The van der Waals surface area contributed by atoms with Crippen molar-refractivity contribution in [2.45, 2.75) is 0 Å². The molecule has 0 spiro atoms. The molecule has 7 heteroatoms. The summed E-state index contributed by atoms with van der Waals surface area (Å²) in [5.74, 6) is 0. The summed E-state index contributed by atoms with van der Waals surface area (Å²) in [5, 5.41) is 0. The van der Waals surface area contributed by atoms with Gasteiger partial charge in [0, 0.05) is 20.8 Å². The van der Waals surface area contributed by atoms with E-state index in [0.717, 1.165) is 7.11 Å². The van der Waals surface area contributed by atoms with Gasteiger partial charge in [0.05, 0.1) is 6.61 Å². The number of phosphoric ester groups is 1. The highest BCUT2D eigenvalue weighted by atomic mass is 31.2. The van der Waals surface area contributed by atoms with Crippen LogP contribution in [-0.2, 0) is 13.8 Å². The zero-order chi connectivity index (χ0) is 9.33. The molecule has 0 heterocycles. The number of ether oxygens (including phenoxy) is 1. The fourth-order valence-electron chi connectivity index (χ4n) is 0.118. The molecule has 0 saturated carbocycles. The minimum absolute atomic E-state index is 0.622. The van der Waals surface area contributed by atoms with Gasteiger partial charge >= 0.3 is 7.82 Å². The molecule has 0 fully saturated rings. The Kier molecular flexibility index (Phi) is 10.1. The van der Waals surface area contributed by atoms with Gasteiger partial charge < -0.3 is 20.3 Å². The van der Waals surface area contributed by atoms with Crippen LogP contribution in [0.25, 0.3) is 0 Å². The smallest absolute Gasteiger partial charge is 0.383 e. The Morgan fingerprint density at radius 3 is 1.82 bits per heavy atom. The lowest BCUT2D eigenvalue weighted by atomic mass is 10.7. The molecule has 0 amide bonds. The van der Waals surface area contributed by atoms with Crippen LogP contribution >= 0.6 is 7.82 Å². The first kappa shape index (κ1) is 13.6. The Morgan fingerprint density at radius 1 is 1.45 bits per heavy atom.